The number of anilines is 1. The van der Waals surface area contributed by atoms with Crippen molar-refractivity contribution in [2.45, 2.75) is 26.1 Å². The Balaban J connectivity index is 2.08. The van der Waals surface area contributed by atoms with Gasteiger partial charge >= 0.3 is 0 Å². The monoisotopic (exact) mass is 301 g/mol. The van der Waals surface area contributed by atoms with Crippen LogP contribution in [0.5, 0.6) is 0 Å². The summed E-state index contributed by atoms with van der Waals surface area (Å²) in [5.74, 6) is 0.915. The molecule has 0 amide bonds. The van der Waals surface area contributed by atoms with Gasteiger partial charge in [0.1, 0.15) is 10.8 Å². The molecule has 2 unspecified atom stereocenters. The van der Waals surface area contributed by atoms with Crippen LogP contribution in [0.3, 0.4) is 0 Å². The lowest BCUT2D eigenvalue weighted by Crippen LogP contribution is -2.45. The summed E-state index contributed by atoms with van der Waals surface area (Å²) in [6.07, 6.45) is 0.380. The van der Waals surface area contributed by atoms with E-state index in [-0.39, 0.29) is 12.2 Å². The van der Waals surface area contributed by atoms with Gasteiger partial charge in [-0.05, 0) is 26.0 Å². The van der Waals surface area contributed by atoms with Crippen molar-refractivity contribution in [3.05, 3.63) is 35.9 Å². The van der Waals surface area contributed by atoms with Gasteiger partial charge in [0.15, 0.2) is 0 Å². The fraction of sp³-hybridized carbons (Fsp3) is 0.375. The fourth-order valence-corrected chi connectivity index (χ4v) is 3.06. The van der Waals surface area contributed by atoms with Gasteiger partial charge in [0.05, 0.1) is 17.7 Å². The number of fused-ring (bicyclic) bond motifs is 1. The third-order valence-corrected chi connectivity index (χ3v) is 3.93. The molecule has 1 aromatic carbocycles. The molecule has 0 saturated carbocycles. The number of ether oxygens (including phenoxy) is 1. The molecule has 2 atom stereocenters. The van der Waals surface area contributed by atoms with Gasteiger partial charge in [-0.3, -0.25) is 0 Å². The van der Waals surface area contributed by atoms with Crippen LogP contribution in [0.4, 0.5) is 5.82 Å². The van der Waals surface area contributed by atoms with E-state index in [0.29, 0.717) is 4.99 Å². The summed E-state index contributed by atoms with van der Waals surface area (Å²) in [7, 11) is 0. The highest BCUT2D eigenvalue weighted by Gasteiger charge is 2.24. The normalized spacial score (nSPS) is 22.5. The maximum Gasteiger partial charge on any atom is 0.130 e. The summed E-state index contributed by atoms with van der Waals surface area (Å²) in [5, 5.41) is 1.00. The quantitative estimate of drug-likeness (QED) is 0.864. The lowest BCUT2D eigenvalue weighted by atomic mass is 10.1. The first kappa shape index (κ1) is 14.2. The number of nitrogens with zero attached hydrogens (tertiary/aromatic N) is 2. The van der Waals surface area contributed by atoms with Crippen LogP contribution in [0, 0.1) is 0 Å². The standard InChI is InChI=1S/C16H19N3OS/c1-10-8-19(9-11(2)20-10)15-7-13(16(17)21)12-5-3-4-6-14(12)18-15/h3-7,10-11H,8-9H2,1-2H3,(H2,17,21). The number of morpholine rings is 1. The molecule has 1 aliphatic rings. The van der Waals surface area contributed by atoms with Gasteiger partial charge in [-0.2, -0.15) is 0 Å². The maximum absolute atomic E-state index is 5.89. The maximum atomic E-state index is 5.89. The zero-order valence-corrected chi connectivity index (χ0v) is 13.1. The van der Waals surface area contributed by atoms with Crippen molar-refractivity contribution in [3.8, 4) is 0 Å². The topological polar surface area (TPSA) is 51.4 Å². The smallest absolute Gasteiger partial charge is 0.130 e. The van der Waals surface area contributed by atoms with Gasteiger partial charge < -0.3 is 15.4 Å². The van der Waals surface area contributed by atoms with Gasteiger partial charge in [-0.15, -0.1) is 0 Å². The number of hydrogen-bond donors (Lipinski definition) is 1. The van der Waals surface area contributed by atoms with Gasteiger partial charge in [0.2, 0.25) is 0 Å². The van der Waals surface area contributed by atoms with E-state index in [9.17, 15) is 0 Å². The second-order valence-electron chi connectivity index (χ2n) is 5.57. The highest BCUT2D eigenvalue weighted by molar-refractivity contribution is 7.80. The number of thiocarbonyl (C=S) groups is 1. The molecule has 2 N–H and O–H groups in total. The molecule has 1 aromatic heterocycles. The Labute approximate surface area is 129 Å². The largest absolute Gasteiger partial charge is 0.389 e. The average Bonchev–Trinajstić information content (AvgIpc) is 2.45. The highest BCUT2D eigenvalue weighted by Crippen LogP contribution is 2.25. The van der Waals surface area contributed by atoms with E-state index in [4.69, 9.17) is 27.7 Å². The van der Waals surface area contributed by atoms with Crippen molar-refractivity contribution in [2.75, 3.05) is 18.0 Å². The third-order valence-electron chi connectivity index (χ3n) is 3.71. The third kappa shape index (κ3) is 2.84. The first-order valence-electron chi connectivity index (χ1n) is 7.14. The van der Waals surface area contributed by atoms with Gasteiger partial charge in [0, 0.05) is 24.0 Å². The van der Waals surface area contributed by atoms with Crippen molar-refractivity contribution in [1.82, 2.24) is 4.98 Å². The van der Waals surface area contributed by atoms with Crippen LogP contribution in [-0.4, -0.2) is 35.3 Å². The Morgan fingerprint density at radius 1 is 1.29 bits per heavy atom. The van der Waals surface area contributed by atoms with Crippen molar-refractivity contribution in [1.29, 1.82) is 0 Å². The van der Waals surface area contributed by atoms with Crippen LogP contribution in [0.2, 0.25) is 0 Å². The number of nitrogens with two attached hydrogens (primary N) is 1. The summed E-state index contributed by atoms with van der Waals surface area (Å²) >= 11 is 5.20. The second kappa shape index (κ2) is 5.58. The van der Waals surface area contributed by atoms with Gasteiger partial charge in [0.25, 0.3) is 0 Å². The van der Waals surface area contributed by atoms with E-state index in [1.54, 1.807) is 0 Å². The van der Waals surface area contributed by atoms with Crippen LogP contribution in [-0.2, 0) is 4.74 Å². The van der Waals surface area contributed by atoms with Crippen LogP contribution in [0.15, 0.2) is 30.3 Å². The summed E-state index contributed by atoms with van der Waals surface area (Å²) < 4.78 is 5.78. The fourth-order valence-electron chi connectivity index (χ4n) is 2.89. The van der Waals surface area contributed by atoms with Crippen LogP contribution in [0.1, 0.15) is 19.4 Å². The lowest BCUT2D eigenvalue weighted by molar-refractivity contribution is -0.00544. The molecule has 1 saturated heterocycles. The molecule has 1 fully saturated rings. The summed E-state index contributed by atoms with van der Waals surface area (Å²) in [5.41, 5.74) is 7.70. The molecule has 2 heterocycles. The van der Waals surface area contributed by atoms with E-state index in [1.165, 1.54) is 0 Å². The lowest BCUT2D eigenvalue weighted by Gasteiger charge is -2.36. The molecule has 4 nitrogen and oxygen atoms in total. The van der Waals surface area contributed by atoms with Crippen LogP contribution >= 0.6 is 12.2 Å². The van der Waals surface area contributed by atoms with Crippen molar-refractivity contribution in [2.24, 2.45) is 5.73 Å². The molecule has 0 aliphatic carbocycles. The first-order valence-corrected chi connectivity index (χ1v) is 7.55. The molecule has 1 aliphatic heterocycles. The molecule has 0 radical (unpaired) electrons. The summed E-state index contributed by atoms with van der Waals surface area (Å²) in [6.45, 7) is 5.81. The van der Waals surface area contributed by atoms with Gasteiger partial charge in [-0.25, -0.2) is 4.98 Å². The number of para-hydroxylation sites is 1. The summed E-state index contributed by atoms with van der Waals surface area (Å²) in [6, 6.07) is 9.95. The molecule has 110 valence electrons. The molecular weight excluding hydrogens is 282 g/mol. The second-order valence-corrected chi connectivity index (χ2v) is 6.01. The van der Waals surface area contributed by atoms with Crippen molar-refractivity contribution < 1.29 is 4.74 Å². The number of aromatic nitrogens is 1. The van der Waals surface area contributed by atoms with E-state index >= 15 is 0 Å². The average molecular weight is 301 g/mol. The number of benzene rings is 1. The van der Waals surface area contributed by atoms with Crippen LogP contribution < -0.4 is 10.6 Å². The molecule has 0 spiro atoms. The number of hydrogen-bond acceptors (Lipinski definition) is 4. The van der Waals surface area contributed by atoms with Gasteiger partial charge in [-0.1, -0.05) is 30.4 Å². The summed E-state index contributed by atoms with van der Waals surface area (Å²) in [4.78, 5) is 7.42. The Bertz CT molecular complexity index is 678. The van der Waals surface area contributed by atoms with E-state index in [1.807, 2.05) is 30.3 Å². The Hall–Kier alpha value is -1.72. The van der Waals surface area contributed by atoms with Crippen molar-refractivity contribution in [3.63, 3.8) is 0 Å². The SMILES string of the molecule is CC1CN(c2cc(C(N)=S)c3ccccc3n2)CC(C)O1. The first-order chi connectivity index (χ1) is 10.0. The van der Waals surface area contributed by atoms with E-state index in [2.05, 4.69) is 18.7 Å². The Morgan fingerprint density at radius 3 is 2.62 bits per heavy atom. The molecule has 0 bridgehead atoms. The zero-order chi connectivity index (χ0) is 15.0. The minimum absolute atomic E-state index is 0.190. The minimum atomic E-state index is 0.190. The molecule has 2 aromatic rings. The molecule has 3 rings (SSSR count). The molecule has 21 heavy (non-hydrogen) atoms. The van der Waals surface area contributed by atoms with E-state index in [0.717, 1.165) is 35.4 Å². The Kier molecular flexibility index (Phi) is 3.78. The highest BCUT2D eigenvalue weighted by atomic mass is 32.1. The zero-order valence-electron chi connectivity index (χ0n) is 12.2. The van der Waals surface area contributed by atoms with Crippen LogP contribution in [0.25, 0.3) is 10.9 Å². The Morgan fingerprint density at radius 2 is 1.95 bits per heavy atom. The predicted octanol–water partition coefficient (Wildman–Crippen LogP) is 2.48. The van der Waals surface area contributed by atoms with Crippen molar-refractivity contribution >= 4 is 33.9 Å². The number of rotatable bonds is 2. The molecule has 5 heteroatoms. The molecular formula is C16H19N3OS. The number of pyridine rings is 1. The predicted molar refractivity (Wildman–Crippen MR) is 89.9 cm³/mol. The minimum Gasteiger partial charge on any atom is -0.389 e. The van der Waals surface area contributed by atoms with E-state index < -0.39 is 0 Å².